The molecule has 0 aliphatic carbocycles. The third-order valence-electron chi connectivity index (χ3n) is 3.18. The minimum absolute atomic E-state index is 0.185. The monoisotopic (exact) mass is 276 g/mol. The van der Waals surface area contributed by atoms with Gasteiger partial charge in [0.2, 0.25) is 0 Å². The predicted molar refractivity (Wildman–Crippen MR) is 80.1 cm³/mol. The molecule has 4 heteroatoms. The number of nitrogens with one attached hydrogen (secondary N) is 1. The van der Waals surface area contributed by atoms with Gasteiger partial charge in [-0.3, -0.25) is 4.98 Å². The number of methoxy groups -OCH3 is 1. The van der Waals surface area contributed by atoms with Gasteiger partial charge in [0.1, 0.15) is 5.75 Å². The van der Waals surface area contributed by atoms with Crippen LogP contribution in [0, 0.1) is 13.8 Å². The molecule has 102 valence electrons. The number of hydrogen-bond acceptors (Lipinski definition) is 4. The van der Waals surface area contributed by atoms with Gasteiger partial charge < -0.3 is 10.1 Å². The molecular weight excluding hydrogens is 256 g/mol. The van der Waals surface area contributed by atoms with Gasteiger partial charge in [-0.1, -0.05) is 6.92 Å². The summed E-state index contributed by atoms with van der Waals surface area (Å²) in [6.45, 7) is 7.35. The van der Waals surface area contributed by atoms with E-state index in [9.17, 15) is 0 Å². The number of aromatic nitrogens is 1. The maximum Gasteiger partial charge on any atom is 0.137 e. The fourth-order valence-electron chi connectivity index (χ4n) is 2.04. The lowest BCUT2D eigenvalue weighted by Gasteiger charge is -2.17. The van der Waals surface area contributed by atoms with Crippen LogP contribution < -0.4 is 10.1 Å². The average molecular weight is 276 g/mol. The van der Waals surface area contributed by atoms with Crippen molar-refractivity contribution in [2.24, 2.45) is 0 Å². The van der Waals surface area contributed by atoms with Gasteiger partial charge >= 0.3 is 0 Å². The normalized spacial score (nSPS) is 12.4. The van der Waals surface area contributed by atoms with Crippen molar-refractivity contribution in [2.75, 3.05) is 13.7 Å². The molecule has 0 fully saturated rings. The Kier molecular flexibility index (Phi) is 4.56. The first-order valence-corrected chi connectivity index (χ1v) is 7.26. The first-order chi connectivity index (χ1) is 9.15. The molecule has 0 aromatic carbocycles. The number of rotatable bonds is 5. The molecule has 19 heavy (non-hydrogen) atoms. The Labute approximate surface area is 118 Å². The lowest BCUT2D eigenvalue weighted by atomic mass is 10.1. The van der Waals surface area contributed by atoms with Crippen LogP contribution in [0.25, 0.3) is 0 Å². The van der Waals surface area contributed by atoms with Crippen molar-refractivity contribution < 1.29 is 4.74 Å². The number of aryl methyl sites for hydroxylation is 2. The van der Waals surface area contributed by atoms with E-state index in [2.05, 4.69) is 37.1 Å². The molecule has 2 heterocycles. The van der Waals surface area contributed by atoms with Gasteiger partial charge in [0, 0.05) is 16.0 Å². The van der Waals surface area contributed by atoms with Crippen LogP contribution in [0.4, 0.5) is 0 Å². The molecule has 0 amide bonds. The zero-order valence-corrected chi connectivity index (χ0v) is 12.7. The molecule has 1 atom stereocenters. The van der Waals surface area contributed by atoms with Crippen LogP contribution in [-0.2, 0) is 0 Å². The summed E-state index contributed by atoms with van der Waals surface area (Å²) in [4.78, 5) is 6.95. The zero-order chi connectivity index (χ0) is 13.8. The summed E-state index contributed by atoms with van der Waals surface area (Å²) in [5, 5.41) is 3.52. The molecule has 0 aliphatic heterocycles. The molecular formula is C15H20N2OS. The fourth-order valence-corrected chi connectivity index (χ4v) is 3.18. The molecule has 3 nitrogen and oxygen atoms in total. The molecule has 0 bridgehead atoms. The summed E-state index contributed by atoms with van der Waals surface area (Å²) in [6, 6.07) is 4.49. The van der Waals surface area contributed by atoms with Crippen molar-refractivity contribution in [2.45, 2.75) is 26.8 Å². The van der Waals surface area contributed by atoms with E-state index in [1.807, 2.05) is 23.6 Å². The summed E-state index contributed by atoms with van der Waals surface area (Å²) in [6.07, 6.45) is 3.64. The van der Waals surface area contributed by atoms with Crippen LogP contribution in [0.1, 0.15) is 33.8 Å². The lowest BCUT2D eigenvalue weighted by molar-refractivity contribution is 0.411. The molecule has 0 radical (unpaired) electrons. The van der Waals surface area contributed by atoms with Crippen LogP contribution in [0.3, 0.4) is 0 Å². The van der Waals surface area contributed by atoms with Crippen LogP contribution >= 0.6 is 11.3 Å². The van der Waals surface area contributed by atoms with Crippen molar-refractivity contribution in [3.05, 3.63) is 45.4 Å². The van der Waals surface area contributed by atoms with Crippen LogP contribution in [0.5, 0.6) is 5.75 Å². The molecule has 2 aromatic rings. The van der Waals surface area contributed by atoms with E-state index in [-0.39, 0.29) is 6.04 Å². The number of nitrogens with zero attached hydrogens (tertiary/aromatic N) is 1. The summed E-state index contributed by atoms with van der Waals surface area (Å²) < 4.78 is 5.26. The SMILES string of the molecule is CCNC(c1cncc(OC)c1)c1cc(C)c(C)s1. The second-order valence-electron chi connectivity index (χ2n) is 4.54. The maximum absolute atomic E-state index is 5.26. The highest BCUT2D eigenvalue weighted by Crippen LogP contribution is 2.31. The smallest absolute Gasteiger partial charge is 0.137 e. The van der Waals surface area contributed by atoms with E-state index in [0.717, 1.165) is 17.9 Å². The largest absolute Gasteiger partial charge is 0.495 e. The number of thiophene rings is 1. The second-order valence-corrected chi connectivity index (χ2v) is 5.82. The molecule has 0 saturated carbocycles. The minimum atomic E-state index is 0.185. The van der Waals surface area contributed by atoms with E-state index < -0.39 is 0 Å². The topological polar surface area (TPSA) is 34.2 Å². The predicted octanol–water partition coefficient (Wildman–Crippen LogP) is 3.47. The van der Waals surface area contributed by atoms with E-state index in [4.69, 9.17) is 4.74 Å². The number of ether oxygens (including phenoxy) is 1. The summed E-state index contributed by atoms with van der Waals surface area (Å²) in [5.74, 6) is 0.797. The fraction of sp³-hybridized carbons (Fsp3) is 0.400. The van der Waals surface area contributed by atoms with Gasteiger partial charge in [-0.25, -0.2) is 0 Å². The van der Waals surface area contributed by atoms with Gasteiger partial charge in [-0.15, -0.1) is 11.3 Å². The molecule has 2 aromatic heterocycles. The molecule has 1 N–H and O–H groups in total. The number of pyridine rings is 1. The summed E-state index contributed by atoms with van der Waals surface area (Å²) in [5.41, 5.74) is 2.49. The summed E-state index contributed by atoms with van der Waals surface area (Å²) >= 11 is 1.84. The standard InChI is InChI=1S/C15H20N2OS/c1-5-17-15(14-6-10(2)11(3)19-14)12-7-13(18-4)9-16-8-12/h6-9,15,17H,5H2,1-4H3. The van der Waals surface area contributed by atoms with Crippen molar-refractivity contribution in [3.8, 4) is 5.75 Å². The Morgan fingerprint density at radius 3 is 2.68 bits per heavy atom. The van der Waals surface area contributed by atoms with Crippen molar-refractivity contribution in [1.82, 2.24) is 10.3 Å². The van der Waals surface area contributed by atoms with Crippen molar-refractivity contribution in [3.63, 3.8) is 0 Å². The molecule has 0 aliphatic rings. The van der Waals surface area contributed by atoms with Gasteiger partial charge in [0.25, 0.3) is 0 Å². The third kappa shape index (κ3) is 3.14. The van der Waals surface area contributed by atoms with E-state index in [1.165, 1.54) is 15.3 Å². The van der Waals surface area contributed by atoms with Crippen molar-refractivity contribution >= 4 is 11.3 Å². The second kappa shape index (κ2) is 6.17. The highest BCUT2D eigenvalue weighted by atomic mass is 32.1. The lowest BCUT2D eigenvalue weighted by Crippen LogP contribution is -2.21. The average Bonchev–Trinajstić information content (AvgIpc) is 2.75. The van der Waals surface area contributed by atoms with Crippen LogP contribution in [0.15, 0.2) is 24.5 Å². The maximum atomic E-state index is 5.26. The highest BCUT2D eigenvalue weighted by Gasteiger charge is 2.17. The van der Waals surface area contributed by atoms with E-state index in [1.54, 1.807) is 13.3 Å². The Bertz CT molecular complexity index is 531. The van der Waals surface area contributed by atoms with Gasteiger partial charge in [0.05, 0.1) is 19.3 Å². The first kappa shape index (κ1) is 14.0. The Morgan fingerprint density at radius 2 is 2.11 bits per heavy atom. The van der Waals surface area contributed by atoms with Crippen LogP contribution in [-0.4, -0.2) is 18.6 Å². The molecule has 1 unspecified atom stereocenters. The van der Waals surface area contributed by atoms with Gasteiger partial charge in [0.15, 0.2) is 0 Å². The van der Waals surface area contributed by atoms with Gasteiger partial charge in [-0.2, -0.15) is 0 Å². The molecule has 0 spiro atoms. The zero-order valence-electron chi connectivity index (χ0n) is 11.9. The molecule has 2 rings (SSSR count). The quantitative estimate of drug-likeness (QED) is 0.908. The Morgan fingerprint density at radius 1 is 1.32 bits per heavy atom. The minimum Gasteiger partial charge on any atom is -0.495 e. The molecule has 0 saturated heterocycles. The third-order valence-corrected chi connectivity index (χ3v) is 4.40. The van der Waals surface area contributed by atoms with E-state index >= 15 is 0 Å². The first-order valence-electron chi connectivity index (χ1n) is 6.45. The highest BCUT2D eigenvalue weighted by molar-refractivity contribution is 7.12. The number of hydrogen-bond donors (Lipinski definition) is 1. The Balaban J connectivity index is 2.38. The van der Waals surface area contributed by atoms with Gasteiger partial charge in [-0.05, 0) is 43.7 Å². The van der Waals surface area contributed by atoms with E-state index in [0.29, 0.717) is 0 Å². The Hall–Kier alpha value is -1.39. The van der Waals surface area contributed by atoms with Crippen LogP contribution in [0.2, 0.25) is 0 Å². The van der Waals surface area contributed by atoms with Crippen molar-refractivity contribution in [1.29, 1.82) is 0 Å². The summed E-state index contributed by atoms with van der Waals surface area (Å²) in [7, 11) is 1.67.